The number of hydrogen-bond acceptors (Lipinski definition) is 3. The van der Waals surface area contributed by atoms with E-state index >= 15 is 0 Å². The summed E-state index contributed by atoms with van der Waals surface area (Å²) in [6.45, 7) is 1.98. The van der Waals surface area contributed by atoms with Crippen LogP contribution in [0.4, 0.5) is 0 Å². The second-order valence-electron chi connectivity index (χ2n) is 3.56. The van der Waals surface area contributed by atoms with Gasteiger partial charge in [0.05, 0.1) is 10.5 Å². The molecule has 0 aromatic heterocycles. The predicted molar refractivity (Wildman–Crippen MR) is 64.8 cm³/mol. The van der Waals surface area contributed by atoms with Crippen LogP contribution in [0.3, 0.4) is 0 Å². The number of thioether (sulfide) groups is 1. The van der Waals surface area contributed by atoms with Crippen molar-refractivity contribution < 1.29 is 9.59 Å². The van der Waals surface area contributed by atoms with E-state index in [0.29, 0.717) is 10.5 Å². The molecule has 2 amide bonds. The zero-order valence-corrected chi connectivity index (χ0v) is 9.85. The zero-order valence-electron chi connectivity index (χ0n) is 9.03. The molecule has 1 aromatic carbocycles. The van der Waals surface area contributed by atoms with E-state index in [1.807, 2.05) is 31.2 Å². The highest BCUT2D eigenvalue weighted by Gasteiger charge is 2.30. The topological polar surface area (TPSA) is 46.2 Å². The van der Waals surface area contributed by atoms with Gasteiger partial charge in [-0.1, -0.05) is 29.8 Å². The molecule has 1 N–H and O–H groups in total. The van der Waals surface area contributed by atoms with E-state index in [9.17, 15) is 9.59 Å². The molecule has 0 unspecified atom stereocenters. The van der Waals surface area contributed by atoms with Gasteiger partial charge in [0.2, 0.25) is 0 Å². The number of nitrogens with one attached hydrogen (secondary N) is 1. The monoisotopic (exact) mass is 233 g/mol. The van der Waals surface area contributed by atoms with Crippen LogP contribution < -0.4 is 5.32 Å². The van der Waals surface area contributed by atoms with Gasteiger partial charge in [0.25, 0.3) is 11.8 Å². The maximum Gasteiger partial charge on any atom is 0.265 e. The lowest BCUT2D eigenvalue weighted by Crippen LogP contribution is -2.22. The molecule has 3 nitrogen and oxygen atoms in total. The van der Waals surface area contributed by atoms with Crippen molar-refractivity contribution in [2.24, 2.45) is 0 Å². The Morgan fingerprint density at radius 2 is 1.69 bits per heavy atom. The second-order valence-corrected chi connectivity index (χ2v) is 4.37. The van der Waals surface area contributed by atoms with Crippen LogP contribution in [0.2, 0.25) is 0 Å². The average Bonchev–Trinajstić information content (AvgIpc) is 2.54. The molecule has 0 saturated carbocycles. The van der Waals surface area contributed by atoms with E-state index in [1.54, 1.807) is 6.26 Å². The third-order valence-electron chi connectivity index (χ3n) is 2.43. The molecular weight excluding hydrogens is 222 g/mol. The van der Waals surface area contributed by atoms with Crippen molar-refractivity contribution >= 4 is 29.1 Å². The molecule has 0 atom stereocenters. The third kappa shape index (κ3) is 1.76. The van der Waals surface area contributed by atoms with Crippen molar-refractivity contribution in [1.29, 1.82) is 0 Å². The molecule has 4 heteroatoms. The highest BCUT2D eigenvalue weighted by molar-refractivity contribution is 8.03. The summed E-state index contributed by atoms with van der Waals surface area (Å²) in [6.07, 6.45) is 1.79. The van der Waals surface area contributed by atoms with Gasteiger partial charge in [-0.3, -0.25) is 14.9 Å². The van der Waals surface area contributed by atoms with Crippen molar-refractivity contribution in [1.82, 2.24) is 5.32 Å². The van der Waals surface area contributed by atoms with Crippen LogP contribution in [-0.2, 0) is 9.59 Å². The molecule has 0 radical (unpaired) electrons. The number of carbonyl (C=O) groups excluding carboxylic acids is 2. The Morgan fingerprint density at radius 3 is 2.25 bits per heavy atom. The summed E-state index contributed by atoms with van der Waals surface area (Å²) < 4.78 is 0. The molecule has 1 aliphatic rings. The lowest BCUT2D eigenvalue weighted by Gasteiger charge is -2.02. The van der Waals surface area contributed by atoms with Crippen LogP contribution in [-0.4, -0.2) is 18.1 Å². The fourth-order valence-electron chi connectivity index (χ4n) is 1.62. The highest BCUT2D eigenvalue weighted by Crippen LogP contribution is 2.30. The molecule has 1 aliphatic heterocycles. The first-order chi connectivity index (χ1) is 7.63. The van der Waals surface area contributed by atoms with Crippen molar-refractivity contribution in [2.75, 3.05) is 6.26 Å². The van der Waals surface area contributed by atoms with Gasteiger partial charge in [0.15, 0.2) is 0 Å². The molecule has 0 fully saturated rings. The molecule has 1 aromatic rings. The number of amides is 2. The average molecular weight is 233 g/mol. The van der Waals surface area contributed by atoms with Gasteiger partial charge in [0.1, 0.15) is 0 Å². The number of imide groups is 1. The Morgan fingerprint density at radius 1 is 1.06 bits per heavy atom. The lowest BCUT2D eigenvalue weighted by molar-refractivity contribution is -0.123. The quantitative estimate of drug-likeness (QED) is 0.791. The van der Waals surface area contributed by atoms with Gasteiger partial charge in [-0.05, 0) is 18.7 Å². The van der Waals surface area contributed by atoms with E-state index < -0.39 is 0 Å². The number of aryl methyl sites for hydroxylation is 1. The second kappa shape index (κ2) is 4.14. The summed E-state index contributed by atoms with van der Waals surface area (Å²) in [6, 6.07) is 7.57. The van der Waals surface area contributed by atoms with Gasteiger partial charge in [0, 0.05) is 0 Å². The third-order valence-corrected chi connectivity index (χ3v) is 3.23. The number of carbonyl (C=O) groups is 2. The first kappa shape index (κ1) is 11.0. The molecule has 0 bridgehead atoms. The fourth-order valence-corrected chi connectivity index (χ4v) is 2.27. The Labute approximate surface area is 97.9 Å². The molecule has 0 spiro atoms. The standard InChI is InChI=1S/C12H11NO2S/c1-7-3-5-8(6-4-7)9-10(16-2)12(15)13-11(9)14/h3-6H,1-2H3,(H,13,14,15). The van der Waals surface area contributed by atoms with Gasteiger partial charge in [-0.25, -0.2) is 0 Å². The van der Waals surface area contributed by atoms with E-state index in [1.165, 1.54) is 11.8 Å². The van der Waals surface area contributed by atoms with Crippen molar-refractivity contribution in [2.45, 2.75) is 6.92 Å². The molecule has 82 valence electrons. The minimum atomic E-state index is -0.307. The Hall–Kier alpha value is -1.55. The van der Waals surface area contributed by atoms with Gasteiger partial charge < -0.3 is 0 Å². The lowest BCUT2D eigenvalue weighted by atomic mass is 10.0. The Bertz CT molecular complexity index is 488. The molecule has 16 heavy (non-hydrogen) atoms. The van der Waals surface area contributed by atoms with Crippen molar-refractivity contribution in [3.8, 4) is 0 Å². The minimum absolute atomic E-state index is 0.298. The van der Waals surface area contributed by atoms with Crippen LogP contribution in [0.25, 0.3) is 5.57 Å². The zero-order chi connectivity index (χ0) is 11.7. The predicted octanol–water partition coefficient (Wildman–Crippen LogP) is 1.73. The summed E-state index contributed by atoms with van der Waals surface area (Å²) in [7, 11) is 0. The summed E-state index contributed by atoms with van der Waals surface area (Å²) in [5.41, 5.74) is 2.40. The van der Waals surface area contributed by atoms with Crippen LogP contribution in [0, 0.1) is 6.92 Å². The number of benzene rings is 1. The van der Waals surface area contributed by atoms with Gasteiger partial charge >= 0.3 is 0 Å². The summed E-state index contributed by atoms with van der Waals surface area (Å²) in [4.78, 5) is 23.6. The molecule has 0 aliphatic carbocycles. The van der Waals surface area contributed by atoms with E-state index in [-0.39, 0.29) is 11.8 Å². The molecule has 1 heterocycles. The number of rotatable bonds is 2. The van der Waals surface area contributed by atoms with Gasteiger partial charge in [-0.15, -0.1) is 11.8 Å². The van der Waals surface area contributed by atoms with Crippen LogP contribution in [0.5, 0.6) is 0 Å². The van der Waals surface area contributed by atoms with Crippen molar-refractivity contribution in [3.05, 3.63) is 40.3 Å². The smallest absolute Gasteiger partial charge is 0.265 e. The van der Waals surface area contributed by atoms with E-state index in [0.717, 1.165) is 11.1 Å². The SMILES string of the molecule is CSC1=C(c2ccc(C)cc2)C(=O)NC1=O. The Kier molecular flexibility index (Phi) is 2.83. The molecular formula is C12H11NO2S. The maximum absolute atomic E-state index is 11.6. The molecule has 0 saturated heterocycles. The van der Waals surface area contributed by atoms with E-state index in [2.05, 4.69) is 5.32 Å². The van der Waals surface area contributed by atoms with Crippen LogP contribution in [0.15, 0.2) is 29.2 Å². The highest BCUT2D eigenvalue weighted by atomic mass is 32.2. The largest absolute Gasteiger partial charge is 0.288 e. The fraction of sp³-hybridized carbons (Fsp3) is 0.167. The molecule has 2 rings (SSSR count). The maximum atomic E-state index is 11.6. The summed E-state index contributed by atoms with van der Waals surface area (Å²) >= 11 is 1.30. The normalized spacial score (nSPS) is 15.6. The van der Waals surface area contributed by atoms with Gasteiger partial charge in [-0.2, -0.15) is 0 Å². The van der Waals surface area contributed by atoms with Crippen LogP contribution in [0.1, 0.15) is 11.1 Å². The minimum Gasteiger partial charge on any atom is -0.288 e. The van der Waals surface area contributed by atoms with E-state index in [4.69, 9.17) is 0 Å². The van der Waals surface area contributed by atoms with Crippen molar-refractivity contribution in [3.63, 3.8) is 0 Å². The van der Waals surface area contributed by atoms with Crippen LogP contribution >= 0.6 is 11.8 Å². The summed E-state index contributed by atoms with van der Waals surface area (Å²) in [5, 5.41) is 2.31. The first-order valence-corrected chi connectivity index (χ1v) is 6.07. The Balaban J connectivity index is 2.53. The first-order valence-electron chi connectivity index (χ1n) is 4.84. The number of hydrogen-bond donors (Lipinski definition) is 1. The summed E-state index contributed by atoms with van der Waals surface area (Å²) in [5.74, 6) is -0.605.